The fraction of sp³-hybridized carbons (Fsp3) is 0.286. The standard InChI is InChI=1S/C28H29F2N3O4/c1-2-17-4-3-5-19(8-17)15-31-16-25(34)23(12-20-9-21(29)14-22(30)10-20)32-27(35)13-18-6-7-26-24(11-18)33-28(36)37-26/h3-11,14,23,25,31,34H,2,12-13,15-16H2,1H3,(H,32,35)(H,33,36). The van der Waals surface area contributed by atoms with Crippen LogP contribution in [0, 0.1) is 11.6 Å². The molecule has 4 aromatic rings. The van der Waals surface area contributed by atoms with Gasteiger partial charge in [-0.1, -0.05) is 37.3 Å². The number of carbonyl (C=O) groups is 1. The van der Waals surface area contributed by atoms with Crippen LogP contribution in [0.4, 0.5) is 8.78 Å². The highest BCUT2D eigenvalue weighted by molar-refractivity contribution is 5.81. The molecule has 1 amide bonds. The minimum atomic E-state index is -1.03. The van der Waals surface area contributed by atoms with Crippen molar-refractivity contribution in [1.82, 2.24) is 15.6 Å². The van der Waals surface area contributed by atoms with Gasteiger partial charge < -0.3 is 20.2 Å². The lowest BCUT2D eigenvalue weighted by molar-refractivity contribution is -0.122. The molecule has 0 spiro atoms. The number of halogens is 2. The van der Waals surface area contributed by atoms with Crippen molar-refractivity contribution in [2.75, 3.05) is 6.54 Å². The zero-order valence-corrected chi connectivity index (χ0v) is 20.4. The van der Waals surface area contributed by atoms with Crippen molar-refractivity contribution >= 4 is 17.0 Å². The fourth-order valence-electron chi connectivity index (χ4n) is 4.28. The number of aromatic amines is 1. The summed E-state index contributed by atoms with van der Waals surface area (Å²) in [5.74, 6) is -2.44. The van der Waals surface area contributed by atoms with Crippen LogP contribution in [0.5, 0.6) is 0 Å². The molecule has 7 nitrogen and oxygen atoms in total. The van der Waals surface area contributed by atoms with Gasteiger partial charge in [-0.2, -0.15) is 0 Å². The van der Waals surface area contributed by atoms with Gasteiger partial charge in [0.05, 0.1) is 24.1 Å². The number of H-pyrrole nitrogens is 1. The molecule has 4 N–H and O–H groups in total. The topological polar surface area (TPSA) is 107 Å². The zero-order chi connectivity index (χ0) is 26.4. The first-order chi connectivity index (χ1) is 17.8. The number of hydrogen-bond acceptors (Lipinski definition) is 5. The van der Waals surface area contributed by atoms with E-state index in [0.717, 1.165) is 18.1 Å². The smallest absolute Gasteiger partial charge is 0.408 e. The highest BCUT2D eigenvalue weighted by atomic mass is 19.1. The Morgan fingerprint density at radius 3 is 2.51 bits per heavy atom. The Balaban J connectivity index is 1.44. The molecular weight excluding hydrogens is 480 g/mol. The minimum Gasteiger partial charge on any atom is -0.408 e. The number of nitrogens with one attached hydrogen (secondary N) is 3. The van der Waals surface area contributed by atoms with Gasteiger partial charge in [-0.05, 0) is 59.4 Å². The molecule has 1 aromatic heterocycles. The Bertz CT molecular complexity index is 1410. The number of fused-ring (bicyclic) bond motifs is 1. The molecule has 2 unspecified atom stereocenters. The van der Waals surface area contributed by atoms with Crippen molar-refractivity contribution in [1.29, 1.82) is 0 Å². The van der Waals surface area contributed by atoms with Crippen LogP contribution >= 0.6 is 0 Å². The summed E-state index contributed by atoms with van der Waals surface area (Å²) in [5, 5.41) is 16.9. The second kappa shape index (κ2) is 11.9. The number of oxazole rings is 1. The van der Waals surface area contributed by atoms with E-state index < -0.39 is 29.5 Å². The van der Waals surface area contributed by atoms with Crippen LogP contribution in [-0.2, 0) is 30.6 Å². The minimum absolute atomic E-state index is 0.0267. The van der Waals surface area contributed by atoms with Crippen LogP contribution in [0.15, 0.2) is 69.9 Å². The lowest BCUT2D eigenvalue weighted by Gasteiger charge is -2.25. The van der Waals surface area contributed by atoms with E-state index in [1.54, 1.807) is 18.2 Å². The van der Waals surface area contributed by atoms with E-state index in [9.17, 15) is 23.5 Å². The number of aliphatic hydroxyl groups excluding tert-OH is 1. The Labute approximate surface area is 212 Å². The lowest BCUT2D eigenvalue weighted by Crippen LogP contribution is -2.49. The summed E-state index contributed by atoms with van der Waals surface area (Å²) in [4.78, 5) is 26.8. The molecule has 9 heteroatoms. The molecule has 0 saturated heterocycles. The SMILES string of the molecule is CCc1cccc(CNCC(O)C(Cc2cc(F)cc(F)c2)NC(=O)Cc2ccc3oc(=O)[nH]c3c2)c1. The highest BCUT2D eigenvalue weighted by Crippen LogP contribution is 2.15. The van der Waals surface area contributed by atoms with Crippen molar-refractivity contribution in [3.8, 4) is 0 Å². The summed E-state index contributed by atoms with van der Waals surface area (Å²) in [6.07, 6.45) is -0.111. The number of aliphatic hydroxyl groups is 1. The number of amides is 1. The molecule has 0 fully saturated rings. The van der Waals surface area contributed by atoms with E-state index in [1.165, 1.54) is 17.7 Å². The highest BCUT2D eigenvalue weighted by Gasteiger charge is 2.23. The summed E-state index contributed by atoms with van der Waals surface area (Å²) >= 11 is 0. The van der Waals surface area contributed by atoms with Crippen molar-refractivity contribution in [2.45, 2.75) is 44.9 Å². The predicted octanol–water partition coefficient (Wildman–Crippen LogP) is 3.38. The van der Waals surface area contributed by atoms with Gasteiger partial charge in [-0.15, -0.1) is 0 Å². The third-order valence-electron chi connectivity index (χ3n) is 6.12. The Morgan fingerprint density at radius 1 is 1.00 bits per heavy atom. The molecule has 0 radical (unpaired) electrons. The zero-order valence-electron chi connectivity index (χ0n) is 20.4. The summed E-state index contributed by atoms with van der Waals surface area (Å²) in [7, 11) is 0. The van der Waals surface area contributed by atoms with Crippen molar-refractivity contribution in [2.24, 2.45) is 0 Å². The molecule has 2 atom stereocenters. The molecule has 194 valence electrons. The van der Waals surface area contributed by atoms with E-state index in [2.05, 4.69) is 28.6 Å². The first kappa shape index (κ1) is 26.2. The maximum absolute atomic E-state index is 13.8. The van der Waals surface area contributed by atoms with Crippen LogP contribution < -0.4 is 16.4 Å². The molecule has 3 aromatic carbocycles. The van der Waals surface area contributed by atoms with Gasteiger partial charge in [0.2, 0.25) is 5.91 Å². The van der Waals surface area contributed by atoms with Gasteiger partial charge in [-0.3, -0.25) is 9.78 Å². The van der Waals surface area contributed by atoms with Crippen LogP contribution in [0.1, 0.15) is 29.2 Å². The third kappa shape index (κ3) is 7.34. The van der Waals surface area contributed by atoms with Crippen LogP contribution in [-0.4, -0.2) is 34.7 Å². The van der Waals surface area contributed by atoms with Crippen LogP contribution in [0.3, 0.4) is 0 Å². The Kier molecular flexibility index (Phi) is 8.47. The quantitative estimate of drug-likeness (QED) is 0.248. The Morgan fingerprint density at radius 2 is 1.76 bits per heavy atom. The number of carbonyl (C=O) groups excluding carboxylic acids is 1. The molecule has 4 rings (SSSR count). The second-order valence-electron chi connectivity index (χ2n) is 9.05. The summed E-state index contributed by atoms with van der Waals surface area (Å²) < 4.78 is 32.5. The molecule has 1 heterocycles. The number of aromatic nitrogens is 1. The van der Waals surface area contributed by atoms with E-state index in [-0.39, 0.29) is 25.3 Å². The van der Waals surface area contributed by atoms with Crippen LogP contribution in [0.25, 0.3) is 11.1 Å². The van der Waals surface area contributed by atoms with E-state index in [4.69, 9.17) is 4.42 Å². The van der Waals surface area contributed by atoms with Gasteiger partial charge in [-0.25, -0.2) is 13.6 Å². The van der Waals surface area contributed by atoms with E-state index >= 15 is 0 Å². The number of rotatable bonds is 11. The maximum atomic E-state index is 13.8. The number of aryl methyl sites for hydroxylation is 1. The van der Waals surface area contributed by atoms with Crippen molar-refractivity contribution in [3.05, 3.63) is 105 Å². The van der Waals surface area contributed by atoms with Gasteiger partial charge >= 0.3 is 5.76 Å². The molecule has 0 aliphatic rings. The van der Waals surface area contributed by atoms with Gasteiger partial charge in [0, 0.05) is 19.2 Å². The average molecular weight is 510 g/mol. The number of benzene rings is 3. The molecule has 0 saturated carbocycles. The van der Waals surface area contributed by atoms with E-state index in [0.29, 0.717) is 28.8 Å². The lowest BCUT2D eigenvalue weighted by atomic mass is 10.00. The first-order valence-corrected chi connectivity index (χ1v) is 12.1. The summed E-state index contributed by atoms with van der Waals surface area (Å²) in [6, 6.07) is 15.3. The molecular formula is C28H29F2N3O4. The van der Waals surface area contributed by atoms with Gasteiger partial charge in [0.25, 0.3) is 0 Å². The van der Waals surface area contributed by atoms with Gasteiger partial charge in [0.1, 0.15) is 11.6 Å². The molecule has 0 bridgehead atoms. The summed E-state index contributed by atoms with van der Waals surface area (Å²) in [6.45, 7) is 2.75. The monoisotopic (exact) mass is 509 g/mol. The normalized spacial score (nSPS) is 13.0. The van der Waals surface area contributed by atoms with Gasteiger partial charge in [0.15, 0.2) is 5.58 Å². The van der Waals surface area contributed by atoms with Crippen molar-refractivity contribution in [3.63, 3.8) is 0 Å². The van der Waals surface area contributed by atoms with Crippen molar-refractivity contribution < 1.29 is 23.1 Å². The fourth-order valence-corrected chi connectivity index (χ4v) is 4.28. The average Bonchev–Trinajstić information content (AvgIpc) is 3.22. The van der Waals surface area contributed by atoms with E-state index in [1.807, 2.05) is 18.2 Å². The van der Waals surface area contributed by atoms with Crippen LogP contribution in [0.2, 0.25) is 0 Å². The largest absolute Gasteiger partial charge is 0.417 e. The second-order valence-corrected chi connectivity index (χ2v) is 9.05. The molecule has 37 heavy (non-hydrogen) atoms. The predicted molar refractivity (Wildman–Crippen MR) is 136 cm³/mol. The Hall–Kier alpha value is -3.82. The maximum Gasteiger partial charge on any atom is 0.417 e. The third-order valence-corrected chi connectivity index (χ3v) is 6.12. The first-order valence-electron chi connectivity index (χ1n) is 12.1. The molecule has 0 aliphatic carbocycles. The number of hydrogen-bond donors (Lipinski definition) is 4. The molecule has 0 aliphatic heterocycles. The summed E-state index contributed by atoms with van der Waals surface area (Å²) in [5.41, 5.74) is 4.06.